The third kappa shape index (κ3) is 24.8. The molecule has 0 atom stereocenters. The van der Waals surface area contributed by atoms with Gasteiger partial charge in [0.25, 0.3) is 28.4 Å². The number of benzene rings is 7. The smallest absolute Gasteiger partial charge is 0.315 e. The predicted molar refractivity (Wildman–Crippen MR) is 389 cm³/mol. The predicted octanol–water partition coefficient (Wildman–Crippen LogP) is 11.6. The average molecular weight is 1560 g/mol. The number of esters is 2. The van der Waals surface area contributed by atoms with Crippen molar-refractivity contribution >= 4 is 126 Å². The van der Waals surface area contributed by atoms with E-state index >= 15 is 0 Å². The lowest BCUT2D eigenvalue weighted by Crippen LogP contribution is -2.26. The van der Waals surface area contributed by atoms with Crippen molar-refractivity contribution in [2.45, 2.75) is 61.3 Å². The molecule has 7 aromatic carbocycles. The van der Waals surface area contributed by atoms with Crippen LogP contribution >= 0.6 is 15.9 Å². The molecule has 0 radical (unpaired) electrons. The van der Waals surface area contributed by atoms with E-state index in [1.807, 2.05) is 12.1 Å². The van der Waals surface area contributed by atoms with Crippen LogP contribution in [0.4, 0.5) is 68.2 Å². The summed E-state index contributed by atoms with van der Waals surface area (Å²) in [5, 5.41) is 75.3. The van der Waals surface area contributed by atoms with Gasteiger partial charge in [-0.2, -0.15) is 0 Å². The number of amides is 5. The molecule has 39 nitrogen and oxygen atoms in total. The summed E-state index contributed by atoms with van der Waals surface area (Å²) in [5.41, 5.74) is 2.46. The van der Waals surface area contributed by atoms with Gasteiger partial charge in [0.1, 0.15) is 45.7 Å². The molecular formula is C67H71BrN12O27. The number of hydrogen-bond acceptors (Lipinski definition) is 27. The van der Waals surface area contributed by atoms with Gasteiger partial charge in [-0.1, -0.05) is 46.3 Å². The third-order valence-corrected chi connectivity index (χ3v) is 15.2. The molecule has 0 spiro atoms. The van der Waals surface area contributed by atoms with Crippen LogP contribution in [0.1, 0.15) is 59.6 Å². The minimum Gasteiger partial charge on any atom is -0.496 e. The van der Waals surface area contributed by atoms with Crippen LogP contribution in [-0.4, -0.2) is 139 Å². The number of halogens is 1. The summed E-state index contributed by atoms with van der Waals surface area (Å²) in [6, 6.07) is 31.1. The van der Waals surface area contributed by atoms with Gasteiger partial charge >= 0.3 is 23.3 Å². The van der Waals surface area contributed by atoms with Crippen LogP contribution in [0.2, 0.25) is 0 Å². The number of fused-ring (bicyclic) bond motifs is 2. The number of nitrogens with zero attached hydrogens (tertiary/aromatic N) is 12. The third-order valence-electron chi connectivity index (χ3n) is 14.7. The standard InChI is InChI=1S/C10H9BrN2O3.2C10H12N2O4.C10H10N2O3.C9H10N2O3.2C9H9NO5/c1-6(14)12-3-2-7-4-8(11)5-9(10(7)12)13(15)16;2*1-7(13)11(2)9-5-4-8(16-3)6-10(9)12(14)15;1-7(13)11-6-5-8-3-2-4-9(10(8)11)12(14)15;1-7(12)10(2)8-5-3-4-6-9(8)11(13)14;1-6(11)15-9-4-3-7(14-2)5-8(9)10(12)13;1-6(11)15-9-7(10(12)13)4-3-5-8(9)14-2/h4-5H,2-3H2,1H3;2*4-6H,1-3H3;2-4H,5-6H2,1H3;3-6H,1-2H3;2*3-5H,1-2H3. The zero-order valence-corrected chi connectivity index (χ0v) is 61.3. The summed E-state index contributed by atoms with van der Waals surface area (Å²) in [5.74, 6) is -1.35. The van der Waals surface area contributed by atoms with Gasteiger partial charge in [-0.3, -0.25) is 104 Å². The van der Waals surface area contributed by atoms with Crippen LogP contribution in [0.15, 0.2) is 132 Å². The Bertz CT molecular complexity index is 4460. The van der Waals surface area contributed by atoms with E-state index in [9.17, 15) is 104 Å². The van der Waals surface area contributed by atoms with E-state index in [1.54, 1.807) is 36.4 Å². The lowest BCUT2D eigenvalue weighted by molar-refractivity contribution is -0.385. The molecule has 0 aliphatic carbocycles. The lowest BCUT2D eigenvalue weighted by atomic mass is 10.1. The molecule has 2 aliphatic rings. The van der Waals surface area contributed by atoms with Crippen LogP contribution in [0.5, 0.6) is 34.5 Å². The fourth-order valence-corrected chi connectivity index (χ4v) is 9.93. The minimum absolute atomic E-state index is 0.0141. The van der Waals surface area contributed by atoms with E-state index in [0.717, 1.165) is 18.1 Å². The summed E-state index contributed by atoms with van der Waals surface area (Å²) in [7, 11) is 10.1. The molecule has 568 valence electrons. The van der Waals surface area contributed by atoms with E-state index in [4.69, 9.17) is 23.7 Å². The van der Waals surface area contributed by atoms with Crippen molar-refractivity contribution in [3.63, 3.8) is 0 Å². The highest BCUT2D eigenvalue weighted by Gasteiger charge is 2.33. The van der Waals surface area contributed by atoms with Crippen molar-refractivity contribution in [2.24, 2.45) is 0 Å². The lowest BCUT2D eigenvalue weighted by Gasteiger charge is -2.15. The van der Waals surface area contributed by atoms with E-state index < -0.39 is 46.4 Å². The molecule has 107 heavy (non-hydrogen) atoms. The SMILES string of the molecule is CC(=O)N(C)c1ccccc1[N+](=O)[O-].CC(=O)N1CCc2cc(Br)cc([N+](=O)[O-])c21.CC(=O)N1CCc2cccc([N+](=O)[O-])c21.COc1ccc(N(C)C(C)=O)c([N+](=O)[O-])c1.COc1ccc(N(C)C(C)=O)c([N+](=O)[O-])c1.COc1ccc(OC(C)=O)c([N+](=O)[O-])c1.COc1cccc([N+](=O)[O-])c1OC(C)=O. The zero-order valence-electron chi connectivity index (χ0n) is 59.7. The first kappa shape index (κ1) is 87.5. The maximum atomic E-state index is 11.4. The molecule has 9 rings (SSSR count). The molecule has 2 aliphatic heterocycles. The Morgan fingerprint density at radius 2 is 0.738 bits per heavy atom. The van der Waals surface area contributed by atoms with Gasteiger partial charge < -0.3 is 52.9 Å². The second-order valence-corrected chi connectivity index (χ2v) is 22.5. The van der Waals surface area contributed by atoms with Gasteiger partial charge in [0.2, 0.25) is 41.0 Å². The Morgan fingerprint density at radius 1 is 0.374 bits per heavy atom. The Kier molecular flexibility index (Phi) is 33.4. The zero-order chi connectivity index (χ0) is 81.0. The second kappa shape index (κ2) is 40.8. The number of para-hydroxylation sites is 4. The summed E-state index contributed by atoms with van der Waals surface area (Å²) in [6.07, 6.45) is 1.35. The molecule has 0 N–H and O–H groups in total. The number of nitro benzene ring substituents is 7. The molecule has 5 amide bonds. The quantitative estimate of drug-likeness (QED) is 0.0375. The second-order valence-electron chi connectivity index (χ2n) is 21.6. The highest BCUT2D eigenvalue weighted by atomic mass is 79.9. The van der Waals surface area contributed by atoms with Gasteiger partial charge in [-0.15, -0.1) is 0 Å². The highest BCUT2D eigenvalue weighted by molar-refractivity contribution is 9.10. The number of nitro groups is 7. The van der Waals surface area contributed by atoms with Crippen molar-refractivity contribution in [1.82, 2.24) is 0 Å². The molecule has 0 fully saturated rings. The van der Waals surface area contributed by atoms with Crippen LogP contribution in [0.3, 0.4) is 0 Å². The van der Waals surface area contributed by atoms with Gasteiger partial charge in [-0.05, 0) is 78.6 Å². The fourth-order valence-electron chi connectivity index (χ4n) is 9.43. The van der Waals surface area contributed by atoms with Crippen LogP contribution in [0.25, 0.3) is 0 Å². The molecule has 0 bridgehead atoms. The number of hydrogen-bond donors (Lipinski definition) is 0. The number of anilines is 5. The first-order chi connectivity index (χ1) is 50.2. The Hall–Kier alpha value is -13.7. The topological polar surface area (TPSA) is 493 Å². The first-order valence-corrected chi connectivity index (χ1v) is 31.4. The van der Waals surface area contributed by atoms with Gasteiger partial charge in [-0.25, -0.2) is 0 Å². The van der Waals surface area contributed by atoms with Crippen LogP contribution < -0.4 is 52.9 Å². The largest absolute Gasteiger partial charge is 0.496 e. The molecule has 0 aromatic heterocycles. The number of carbonyl (C=O) groups is 7. The van der Waals surface area contributed by atoms with Crippen LogP contribution in [0, 0.1) is 70.8 Å². The van der Waals surface area contributed by atoms with Crippen molar-refractivity contribution in [2.75, 3.05) is 87.2 Å². The molecule has 0 saturated carbocycles. The highest BCUT2D eigenvalue weighted by Crippen LogP contribution is 2.41. The summed E-state index contributed by atoms with van der Waals surface area (Å²) < 4.78 is 29.5. The monoisotopic (exact) mass is 1550 g/mol. The van der Waals surface area contributed by atoms with Gasteiger partial charge in [0.15, 0.2) is 5.75 Å². The number of carbonyl (C=O) groups excluding carboxylic acids is 7. The molecule has 2 heterocycles. The summed E-state index contributed by atoms with van der Waals surface area (Å²) >= 11 is 3.23. The van der Waals surface area contributed by atoms with E-state index in [-0.39, 0.29) is 98.0 Å². The summed E-state index contributed by atoms with van der Waals surface area (Å²) in [6.45, 7) is 10.3. The molecule has 0 unspecified atom stereocenters. The Morgan fingerprint density at radius 3 is 1.13 bits per heavy atom. The normalized spacial score (nSPS) is 10.8. The van der Waals surface area contributed by atoms with E-state index in [0.29, 0.717) is 64.7 Å². The Labute approximate surface area is 616 Å². The maximum absolute atomic E-state index is 11.4. The first-order valence-electron chi connectivity index (χ1n) is 30.6. The van der Waals surface area contributed by atoms with E-state index in [1.165, 1.54) is 194 Å². The number of methoxy groups -OCH3 is 4. The molecular weight excluding hydrogens is 1480 g/mol. The number of ether oxygens (including phenoxy) is 6. The fraction of sp³-hybridized carbons (Fsp3) is 0.269. The van der Waals surface area contributed by atoms with Crippen molar-refractivity contribution in [3.05, 3.63) is 214 Å². The van der Waals surface area contributed by atoms with Gasteiger partial charge in [0.05, 0.1) is 81.1 Å². The average Bonchev–Trinajstić information content (AvgIpc) is 1.65. The maximum Gasteiger partial charge on any atom is 0.315 e. The number of rotatable bonds is 16. The van der Waals surface area contributed by atoms with Gasteiger partial charge in [0, 0.05) is 111 Å². The van der Waals surface area contributed by atoms with Crippen molar-refractivity contribution in [1.29, 1.82) is 0 Å². The minimum atomic E-state index is -0.638. The summed E-state index contributed by atoms with van der Waals surface area (Å²) in [4.78, 5) is 155. The van der Waals surface area contributed by atoms with E-state index in [2.05, 4.69) is 20.7 Å². The molecule has 0 saturated heterocycles. The van der Waals surface area contributed by atoms with Crippen molar-refractivity contribution < 1.29 is 96.4 Å². The van der Waals surface area contributed by atoms with Crippen molar-refractivity contribution in [3.8, 4) is 34.5 Å². The molecule has 40 heteroatoms. The Balaban J connectivity index is 0.000000324. The molecule has 7 aromatic rings. The van der Waals surface area contributed by atoms with Crippen LogP contribution in [-0.2, 0) is 46.4 Å².